The Balaban J connectivity index is 2.33. The molecule has 0 aromatic heterocycles. The molecule has 0 saturated carbocycles. The molecule has 0 heterocycles. The Hall–Kier alpha value is -3.20. The van der Waals surface area contributed by atoms with Crippen molar-refractivity contribution in [3.05, 3.63) is 47.5 Å². The van der Waals surface area contributed by atoms with Crippen LogP contribution in [0.2, 0.25) is 0 Å². The van der Waals surface area contributed by atoms with Crippen LogP contribution in [0.1, 0.15) is 40.5 Å². The van der Waals surface area contributed by atoms with Crippen LogP contribution in [-0.4, -0.2) is 44.3 Å². The second-order valence-corrected chi connectivity index (χ2v) is 7.52. The monoisotopic (exact) mass is 446 g/mol. The number of nitrogens with one attached hydrogen (secondary N) is 1. The quantitative estimate of drug-likeness (QED) is 0.539. The topological polar surface area (TPSA) is 117 Å². The van der Waals surface area contributed by atoms with Gasteiger partial charge in [-0.15, -0.1) is 0 Å². The molecule has 2 rings (SSSR count). The lowest BCUT2D eigenvalue weighted by Gasteiger charge is -2.16. The smallest absolute Gasteiger partial charge is 0.253 e. The second kappa shape index (κ2) is 11.3. The van der Waals surface area contributed by atoms with Crippen molar-refractivity contribution in [3.8, 4) is 17.2 Å². The van der Waals surface area contributed by atoms with Crippen LogP contribution in [0.25, 0.3) is 0 Å². The molecule has 0 unspecified atom stereocenters. The van der Waals surface area contributed by atoms with Crippen molar-refractivity contribution in [3.63, 3.8) is 0 Å². The number of carbonyl (C=O) groups is 3. The average Bonchev–Trinajstić information content (AvgIpc) is 2.77. The van der Waals surface area contributed by atoms with E-state index in [1.165, 1.54) is 27.4 Å². The van der Waals surface area contributed by atoms with Crippen LogP contribution < -0.4 is 25.3 Å². The molecular weight excluding hydrogens is 420 g/mol. The summed E-state index contributed by atoms with van der Waals surface area (Å²) in [5, 5.41) is 2.29. The van der Waals surface area contributed by atoms with Gasteiger partial charge < -0.3 is 25.3 Å². The van der Waals surface area contributed by atoms with Crippen LogP contribution in [0.4, 0.5) is 0 Å². The molecule has 0 saturated heterocycles. The fourth-order valence-electron chi connectivity index (χ4n) is 2.90. The summed E-state index contributed by atoms with van der Waals surface area (Å²) in [6.07, 6.45) is 1.11. The summed E-state index contributed by atoms with van der Waals surface area (Å²) in [7, 11) is 4.40. The number of thioether (sulfide) groups is 1. The van der Waals surface area contributed by atoms with E-state index < -0.39 is 17.9 Å². The van der Waals surface area contributed by atoms with Crippen LogP contribution in [0.15, 0.2) is 41.3 Å². The summed E-state index contributed by atoms with van der Waals surface area (Å²) < 4.78 is 15.9. The van der Waals surface area contributed by atoms with Gasteiger partial charge in [-0.05, 0) is 36.4 Å². The summed E-state index contributed by atoms with van der Waals surface area (Å²) in [6.45, 7) is 1.89. The number of carbonyl (C=O) groups excluding carboxylic acids is 3. The van der Waals surface area contributed by atoms with Crippen molar-refractivity contribution in [2.45, 2.75) is 30.7 Å². The molecule has 0 radical (unpaired) electrons. The van der Waals surface area contributed by atoms with Gasteiger partial charge in [0, 0.05) is 11.0 Å². The lowest BCUT2D eigenvalue weighted by atomic mass is 10.1. The number of hydrogen-bond acceptors (Lipinski definition) is 7. The first kappa shape index (κ1) is 24.1. The largest absolute Gasteiger partial charge is 0.496 e. The maximum Gasteiger partial charge on any atom is 0.253 e. The van der Waals surface area contributed by atoms with Gasteiger partial charge in [-0.1, -0.05) is 25.5 Å². The first-order chi connectivity index (χ1) is 14.9. The lowest BCUT2D eigenvalue weighted by Crippen LogP contribution is -2.44. The first-order valence-corrected chi connectivity index (χ1v) is 10.4. The Labute approximate surface area is 185 Å². The number of nitrogens with two attached hydrogens (primary N) is 1. The molecule has 0 aliphatic rings. The molecule has 0 bridgehead atoms. The van der Waals surface area contributed by atoms with E-state index in [0.717, 1.165) is 11.8 Å². The maximum atomic E-state index is 13.1. The predicted molar refractivity (Wildman–Crippen MR) is 118 cm³/mol. The maximum absolute atomic E-state index is 13.1. The summed E-state index contributed by atoms with van der Waals surface area (Å²) in [5.74, 6) is 0.0314. The highest BCUT2D eigenvalue weighted by atomic mass is 32.2. The molecule has 31 heavy (non-hydrogen) atoms. The number of hydrogen-bond donors (Lipinski definition) is 2. The molecule has 0 spiro atoms. The summed E-state index contributed by atoms with van der Waals surface area (Å²) in [4.78, 5) is 37.9. The molecule has 8 nitrogen and oxygen atoms in total. The Kier molecular flexibility index (Phi) is 8.75. The van der Waals surface area contributed by atoms with Gasteiger partial charge >= 0.3 is 0 Å². The van der Waals surface area contributed by atoms with Crippen LogP contribution in [-0.2, 0) is 4.79 Å². The van der Waals surface area contributed by atoms with Gasteiger partial charge in [-0.3, -0.25) is 14.4 Å². The van der Waals surface area contributed by atoms with Crippen molar-refractivity contribution in [2.75, 3.05) is 21.3 Å². The number of benzene rings is 2. The van der Waals surface area contributed by atoms with Crippen LogP contribution in [0, 0.1) is 0 Å². The fraction of sp³-hybridized carbons (Fsp3) is 0.318. The highest BCUT2D eigenvalue weighted by molar-refractivity contribution is 8.14. The van der Waals surface area contributed by atoms with E-state index in [4.69, 9.17) is 19.9 Å². The van der Waals surface area contributed by atoms with Gasteiger partial charge in [0.1, 0.15) is 11.8 Å². The summed E-state index contributed by atoms with van der Waals surface area (Å²) in [6, 6.07) is 8.95. The Morgan fingerprint density at radius 1 is 0.968 bits per heavy atom. The molecule has 2 amide bonds. The molecule has 0 aliphatic heterocycles. The van der Waals surface area contributed by atoms with E-state index in [-0.39, 0.29) is 16.2 Å². The van der Waals surface area contributed by atoms with Crippen molar-refractivity contribution >= 4 is 28.7 Å². The van der Waals surface area contributed by atoms with E-state index in [9.17, 15) is 14.4 Å². The molecule has 0 aliphatic carbocycles. The number of primary amides is 1. The van der Waals surface area contributed by atoms with Gasteiger partial charge in [-0.25, -0.2) is 0 Å². The van der Waals surface area contributed by atoms with Crippen molar-refractivity contribution < 1.29 is 28.6 Å². The highest BCUT2D eigenvalue weighted by Crippen LogP contribution is 2.38. The van der Waals surface area contributed by atoms with Crippen LogP contribution in [0.3, 0.4) is 0 Å². The second-order valence-electron chi connectivity index (χ2n) is 6.51. The summed E-state index contributed by atoms with van der Waals surface area (Å²) in [5.41, 5.74) is 5.91. The van der Waals surface area contributed by atoms with Crippen LogP contribution >= 0.6 is 11.8 Å². The standard InChI is InChI=1S/C22H26N2O6S/c1-5-8-15(20(23)25)24-21(26)13-9-6-7-10-19(13)31-22(27)14-11-17(29-3)18(30-4)12-16(14)28-2/h6-7,9-12,15H,5,8H2,1-4H3,(H2,23,25)(H,24,26)/t15-/m0/s1. The van der Waals surface area contributed by atoms with Crippen molar-refractivity contribution in [1.29, 1.82) is 0 Å². The zero-order valence-corrected chi connectivity index (χ0v) is 18.7. The third kappa shape index (κ3) is 5.91. The fourth-order valence-corrected chi connectivity index (χ4v) is 3.78. The lowest BCUT2D eigenvalue weighted by molar-refractivity contribution is -0.120. The number of ether oxygens (including phenoxy) is 3. The molecule has 1 atom stereocenters. The predicted octanol–water partition coefficient (Wildman–Crippen LogP) is 3.03. The van der Waals surface area contributed by atoms with E-state index in [2.05, 4.69) is 5.32 Å². The third-order valence-corrected chi connectivity index (χ3v) is 5.47. The van der Waals surface area contributed by atoms with Gasteiger partial charge in [0.15, 0.2) is 11.5 Å². The Morgan fingerprint density at radius 3 is 2.16 bits per heavy atom. The normalized spacial score (nSPS) is 11.4. The zero-order chi connectivity index (χ0) is 23.0. The van der Waals surface area contributed by atoms with Gasteiger partial charge in [0.25, 0.3) is 5.91 Å². The van der Waals surface area contributed by atoms with E-state index in [1.807, 2.05) is 6.92 Å². The molecule has 166 valence electrons. The van der Waals surface area contributed by atoms with E-state index in [0.29, 0.717) is 35.0 Å². The molecule has 2 aromatic rings. The van der Waals surface area contributed by atoms with E-state index in [1.54, 1.807) is 30.3 Å². The first-order valence-electron chi connectivity index (χ1n) is 9.57. The molecular formula is C22H26N2O6S. The molecule has 3 N–H and O–H groups in total. The average molecular weight is 447 g/mol. The zero-order valence-electron chi connectivity index (χ0n) is 17.9. The minimum Gasteiger partial charge on any atom is -0.496 e. The minimum atomic E-state index is -0.780. The molecule has 0 fully saturated rings. The van der Waals surface area contributed by atoms with Crippen molar-refractivity contribution in [1.82, 2.24) is 5.32 Å². The van der Waals surface area contributed by atoms with Crippen molar-refractivity contribution in [2.24, 2.45) is 5.73 Å². The van der Waals surface area contributed by atoms with Gasteiger partial charge in [-0.2, -0.15) is 0 Å². The van der Waals surface area contributed by atoms with Gasteiger partial charge in [0.05, 0.1) is 32.5 Å². The third-order valence-electron chi connectivity index (χ3n) is 4.49. The number of rotatable bonds is 10. The minimum absolute atomic E-state index is 0.265. The highest BCUT2D eigenvalue weighted by Gasteiger charge is 2.23. The molecule has 9 heteroatoms. The van der Waals surface area contributed by atoms with Crippen LogP contribution in [0.5, 0.6) is 17.2 Å². The van der Waals surface area contributed by atoms with E-state index >= 15 is 0 Å². The summed E-state index contributed by atoms with van der Waals surface area (Å²) >= 11 is 0.870. The Morgan fingerprint density at radius 2 is 1.58 bits per heavy atom. The SMILES string of the molecule is CCC[C@H](NC(=O)c1ccccc1SC(=O)c1cc(OC)c(OC)cc1OC)C(N)=O. The number of methoxy groups -OCH3 is 3. The number of amides is 2. The Bertz CT molecular complexity index is 963. The van der Waals surface area contributed by atoms with Gasteiger partial charge in [0.2, 0.25) is 11.0 Å². The molecule has 2 aromatic carbocycles.